The van der Waals surface area contributed by atoms with Crippen LogP contribution in [-0.2, 0) is 9.09 Å². The quantitative estimate of drug-likeness (QED) is 0.387. The molecule has 0 heterocycles. The molecule has 1 atom stereocenters. The maximum Gasteiger partial charge on any atom is 0.265 e. The van der Waals surface area contributed by atoms with Crippen LogP contribution in [0.1, 0.15) is 0 Å². The van der Waals surface area contributed by atoms with Crippen molar-refractivity contribution in [3.8, 4) is 0 Å². The Labute approximate surface area is 89.7 Å². The van der Waals surface area contributed by atoms with E-state index in [1.807, 2.05) is 21.1 Å². The van der Waals surface area contributed by atoms with Gasteiger partial charge in [-0.1, -0.05) is 0 Å². The lowest BCUT2D eigenvalue weighted by atomic mass is 10.5. The molecule has 0 bridgehead atoms. The molecule has 15 heavy (non-hydrogen) atoms. The molecule has 0 rings (SSSR count). The van der Waals surface area contributed by atoms with Gasteiger partial charge in [0.2, 0.25) is 0 Å². The minimum Gasteiger partial charge on any atom is -0.756 e. The first-order valence-corrected chi connectivity index (χ1v) is 5.82. The molecule has 8 heteroatoms. The predicted molar refractivity (Wildman–Crippen MR) is 52.8 cm³/mol. The van der Waals surface area contributed by atoms with E-state index in [0.717, 1.165) is 0 Å². The lowest BCUT2D eigenvalue weighted by molar-refractivity contribution is -0.870. The number of aliphatic hydroxyl groups excluding tert-OH is 2. The fourth-order valence-electron chi connectivity index (χ4n) is 0.430. The predicted octanol–water partition coefficient (Wildman–Crippen LogP) is -1.86. The smallest absolute Gasteiger partial charge is 0.265 e. The average molecular weight is 245 g/mol. The number of hydrogen-bond acceptors (Lipinski definition) is 5. The van der Waals surface area contributed by atoms with E-state index in [0.29, 0.717) is 11.0 Å². The van der Waals surface area contributed by atoms with Crippen LogP contribution in [0.3, 0.4) is 0 Å². The van der Waals surface area contributed by atoms with Gasteiger partial charge in [0.25, 0.3) is 7.82 Å². The van der Waals surface area contributed by atoms with Crippen LogP contribution < -0.4 is 4.89 Å². The number of nitrogens with zero attached hydrogens (tertiary/aromatic N) is 1. The van der Waals surface area contributed by atoms with Crippen molar-refractivity contribution < 1.29 is 33.6 Å². The van der Waals surface area contributed by atoms with Crippen LogP contribution in [-0.4, -0.2) is 67.1 Å². The standard InChI is InChI=1S/C5H14NO4P.C2H6O2/c1-6(2,3)4-5-10-11(7,8)9;3-1-2-4/h4-5H2,1-3H3,(H-,7,8,9);3-4H,1-2H2. The fraction of sp³-hybridized carbons (Fsp3) is 1.00. The van der Waals surface area contributed by atoms with Gasteiger partial charge in [0.15, 0.2) is 0 Å². The molecular formula is C7H20NO6P. The van der Waals surface area contributed by atoms with E-state index < -0.39 is 7.82 Å². The van der Waals surface area contributed by atoms with Crippen LogP contribution in [0.5, 0.6) is 0 Å². The van der Waals surface area contributed by atoms with Crippen molar-refractivity contribution in [1.29, 1.82) is 0 Å². The fourth-order valence-corrected chi connectivity index (χ4v) is 0.742. The maximum atomic E-state index is 10.1. The topological polar surface area (TPSA) is 110 Å². The summed E-state index contributed by atoms with van der Waals surface area (Å²) in [5.41, 5.74) is 0. The second-order valence-electron chi connectivity index (χ2n) is 3.76. The number of aliphatic hydroxyl groups is 2. The number of rotatable bonds is 5. The molecule has 94 valence electrons. The second kappa shape index (κ2) is 8.18. The third-order valence-corrected chi connectivity index (χ3v) is 1.63. The zero-order chi connectivity index (χ0) is 12.5. The first kappa shape index (κ1) is 17.4. The zero-order valence-electron chi connectivity index (χ0n) is 9.29. The Bertz CT molecular complexity index is 184. The molecule has 0 spiro atoms. The van der Waals surface area contributed by atoms with Gasteiger partial charge in [0.1, 0.15) is 13.2 Å². The van der Waals surface area contributed by atoms with Crippen molar-refractivity contribution in [1.82, 2.24) is 0 Å². The van der Waals surface area contributed by atoms with Gasteiger partial charge in [0, 0.05) is 0 Å². The summed E-state index contributed by atoms with van der Waals surface area (Å²) in [6, 6.07) is 0. The van der Waals surface area contributed by atoms with E-state index in [9.17, 15) is 9.46 Å². The molecule has 0 aromatic heterocycles. The molecule has 0 aromatic carbocycles. The summed E-state index contributed by atoms with van der Waals surface area (Å²) in [5.74, 6) is 0. The number of likely N-dealkylation sites (N-methyl/N-ethyl adjacent to an activating group) is 1. The van der Waals surface area contributed by atoms with E-state index in [1.165, 1.54) is 0 Å². The summed E-state index contributed by atoms with van der Waals surface area (Å²) in [4.78, 5) is 18.3. The van der Waals surface area contributed by atoms with E-state index in [1.54, 1.807) is 0 Å². The monoisotopic (exact) mass is 245 g/mol. The number of phosphoric acid groups is 1. The van der Waals surface area contributed by atoms with Gasteiger partial charge in [-0.15, -0.1) is 0 Å². The largest absolute Gasteiger partial charge is 0.756 e. The molecule has 1 unspecified atom stereocenters. The average Bonchev–Trinajstić information content (AvgIpc) is 2.00. The first-order chi connectivity index (χ1) is 6.62. The summed E-state index contributed by atoms with van der Waals surface area (Å²) < 4.78 is 14.8. The highest BCUT2D eigenvalue weighted by Crippen LogP contribution is 2.29. The minimum absolute atomic E-state index is 0.0147. The number of hydrogen-bond donors (Lipinski definition) is 3. The van der Waals surface area contributed by atoms with Gasteiger partial charge in [-0.2, -0.15) is 0 Å². The lowest BCUT2D eigenvalue weighted by Crippen LogP contribution is -2.37. The van der Waals surface area contributed by atoms with Gasteiger partial charge >= 0.3 is 0 Å². The van der Waals surface area contributed by atoms with Crippen LogP contribution in [0.2, 0.25) is 0 Å². The van der Waals surface area contributed by atoms with Gasteiger partial charge in [-0.3, -0.25) is 4.57 Å². The van der Waals surface area contributed by atoms with Gasteiger partial charge in [-0.25, -0.2) is 0 Å². The van der Waals surface area contributed by atoms with Crippen molar-refractivity contribution in [2.45, 2.75) is 0 Å². The molecule has 0 aliphatic heterocycles. The summed E-state index contributed by atoms with van der Waals surface area (Å²) in [6.07, 6.45) is 0. The van der Waals surface area contributed by atoms with E-state index >= 15 is 0 Å². The molecule has 0 amide bonds. The van der Waals surface area contributed by atoms with Crippen molar-refractivity contribution in [2.24, 2.45) is 0 Å². The Morgan fingerprint density at radius 2 is 1.67 bits per heavy atom. The molecule has 0 aromatic rings. The SMILES string of the molecule is C[N+](C)(C)CCOP(=O)([O-])O.OCCO. The summed E-state index contributed by atoms with van der Waals surface area (Å²) >= 11 is 0. The Morgan fingerprint density at radius 3 is 1.87 bits per heavy atom. The van der Waals surface area contributed by atoms with Crippen molar-refractivity contribution >= 4 is 7.82 Å². The van der Waals surface area contributed by atoms with Crippen LogP contribution in [0.25, 0.3) is 0 Å². The number of quaternary nitrogens is 1. The second-order valence-corrected chi connectivity index (χ2v) is 4.96. The van der Waals surface area contributed by atoms with E-state index in [2.05, 4.69) is 4.52 Å². The van der Waals surface area contributed by atoms with Crippen LogP contribution >= 0.6 is 7.82 Å². The zero-order valence-corrected chi connectivity index (χ0v) is 10.2. The van der Waals surface area contributed by atoms with Gasteiger partial charge < -0.3 is 29.0 Å². The van der Waals surface area contributed by atoms with Crippen LogP contribution in [0.4, 0.5) is 0 Å². The Kier molecular flexibility index (Phi) is 9.48. The summed E-state index contributed by atoms with van der Waals surface area (Å²) in [7, 11) is 1.19. The molecular weight excluding hydrogens is 225 g/mol. The minimum atomic E-state index is -4.51. The summed E-state index contributed by atoms with van der Waals surface area (Å²) in [6.45, 7) is 0.299. The third kappa shape index (κ3) is 24.9. The van der Waals surface area contributed by atoms with Crippen molar-refractivity contribution in [3.63, 3.8) is 0 Å². The lowest BCUT2D eigenvalue weighted by Gasteiger charge is -2.25. The highest BCUT2D eigenvalue weighted by molar-refractivity contribution is 7.44. The Morgan fingerprint density at radius 1 is 1.27 bits per heavy atom. The van der Waals surface area contributed by atoms with Crippen LogP contribution in [0, 0.1) is 0 Å². The molecule has 3 N–H and O–H groups in total. The molecule has 0 saturated heterocycles. The molecule has 0 aliphatic carbocycles. The van der Waals surface area contributed by atoms with Gasteiger partial charge in [-0.05, 0) is 0 Å². The highest BCUT2D eigenvalue weighted by Gasteiger charge is 2.08. The van der Waals surface area contributed by atoms with Crippen LogP contribution in [0.15, 0.2) is 0 Å². The summed E-state index contributed by atoms with van der Waals surface area (Å²) in [5, 5.41) is 15.2. The molecule has 7 nitrogen and oxygen atoms in total. The number of phosphoric ester groups is 1. The van der Waals surface area contributed by atoms with E-state index in [-0.39, 0.29) is 19.8 Å². The highest BCUT2D eigenvalue weighted by atomic mass is 31.2. The molecule has 0 saturated carbocycles. The Balaban J connectivity index is 0. The van der Waals surface area contributed by atoms with E-state index in [4.69, 9.17) is 15.1 Å². The third-order valence-electron chi connectivity index (χ3n) is 1.12. The molecule has 0 radical (unpaired) electrons. The van der Waals surface area contributed by atoms with Crippen molar-refractivity contribution in [3.05, 3.63) is 0 Å². The van der Waals surface area contributed by atoms with Crippen molar-refractivity contribution in [2.75, 3.05) is 47.5 Å². The van der Waals surface area contributed by atoms with Gasteiger partial charge in [0.05, 0.1) is 34.4 Å². The molecule has 0 aliphatic rings. The maximum absolute atomic E-state index is 10.1. The first-order valence-electron chi connectivity index (χ1n) is 4.33. The Hall–Kier alpha value is -0.0100. The molecule has 0 fully saturated rings. The normalized spacial score (nSPS) is 15.1.